The molecule has 2 aromatic carbocycles. The van der Waals surface area contributed by atoms with Gasteiger partial charge < -0.3 is 21.1 Å². The average molecular weight is 474 g/mol. The summed E-state index contributed by atoms with van der Waals surface area (Å²) in [5, 5.41) is 17.0. The maximum absolute atomic E-state index is 11.9. The standard InChI is InChI=1S/C10H11F3O2.C10H7F3O2.Al.Li.4H/c2*11-10(12,13)15-9-5-1-3-8(7-9)4-2-6-14;;;;;;/h1,3,5,7,14H,2,4,6H2;1,3,5,7,14H,6H2;;;;;;/q;;;+1;;;;-1. The van der Waals surface area contributed by atoms with Gasteiger partial charge in [-0.2, -0.15) is 0 Å². The molecule has 0 saturated heterocycles. The van der Waals surface area contributed by atoms with Gasteiger partial charge in [-0.15, -0.1) is 26.3 Å². The molecule has 172 valence electrons. The van der Waals surface area contributed by atoms with E-state index < -0.39 is 12.7 Å². The Morgan fingerprint density at radius 1 is 0.844 bits per heavy atom. The fourth-order valence-corrected chi connectivity index (χ4v) is 2.09. The third kappa shape index (κ3) is 15.9. The first kappa shape index (κ1) is 32.4. The van der Waals surface area contributed by atoms with Crippen LogP contribution in [0, 0.1) is 11.8 Å². The van der Waals surface area contributed by atoms with E-state index >= 15 is 0 Å². The van der Waals surface area contributed by atoms with Crippen LogP contribution in [-0.2, 0) is 6.42 Å². The summed E-state index contributed by atoms with van der Waals surface area (Å²) < 4.78 is 78.5. The Morgan fingerprint density at radius 2 is 1.38 bits per heavy atom. The van der Waals surface area contributed by atoms with Gasteiger partial charge in [0.1, 0.15) is 18.1 Å². The molecule has 0 aliphatic heterocycles. The zero-order valence-corrected chi connectivity index (χ0v) is 16.4. The number of alkyl halides is 6. The van der Waals surface area contributed by atoms with E-state index in [-0.39, 0.29) is 62.4 Å². The number of hydrogen-bond acceptors (Lipinski definition) is 4. The number of ether oxygens (including phenoxy) is 2. The van der Waals surface area contributed by atoms with E-state index in [2.05, 4.69) is 21.3 Å². The normalized spacial score (nSPS) is 10.2. The maximum Gasteiger partial charge on any atom is 1.00 e. The second-order valence-electron chi connectivity index (χ2n) is 5.56. The van der Waals surface area contributed by atoms with Crippen LogP contribution in [0.5, 0.6) is 11.5 Å². The van der Waals surface area contributed by atoms with E-state index in [4.69, 9.17) is 10.2 Å². The van der Waals surface area contributed by atoms with Gasteiger partial charge in [-0.25, -0.2) is 0 Å². The minimum absolute atomic E-state index is 0. The summed E-state index contributed by atoms with van der Waals surface area (Å²) >= 11 is 0. The first-order valence-corrected chi connectivity index (χ1v) is 8.43. The van der Waals surface area contributed by atoms with Crippen molar-refractivity contribution in [2.24, 2.45) is 0 Å². The molecule has 4 nitrogen and oxygen atoms in total. The number of aliphatic hydroxyl groups excluding tert-OH is 2. The fraction of sp³-hybridized carbons (Fsp3) is 0.300. The van der Waals surface area contributed by atoms with Crippen LogP contribution in [0.3, 0.4) is 0 Å². The van der Waals surface area contributed by atoms with Crippen LogP contribution >= 0.6 is 0 Å². The van der Waals surface area contributed by atoms with Crippen molar-refractivity contribution >= 4 is 17.4 Å². The molecular formula is C20H22AlF6LiO4. The van der Waals surface area contributed by atoms with E-state index in [0.717, 1.165) is 6.07 Å². The van der Waals surface area contributed by atoms with Gasteiger partial charge >= 0.3 is 31.6 Å². The largest absolute Gasteiger partial charge is 1.00 e. The van der Waals surface area contributed by atoms with Crippen LogP contribution in [0.25, 0.3) is 0 Å². The third-order valence-electron chi connectivity index (χ3n) is 3.13. The topological polar surface area (TPSA) is 58.9 Å². The summed E-state index contributed by atoms with van der Waals surface area (Å²) in [6, 6.07) is 11.0. The van der Waals surface area contributed by atoms with Gasteiger partial charge in [0.15, 0.2) is 17.4 Å². The Labute approximate surface area is 205 Å². The van der Waals surface area contributed by atoms with E-state index in [1.807, 2.05) is 0 Å². The average Bonchev–Trinajstić information content (AvgIpc) is 2.63. The molecule has 2 aromatic rings. The molecule has 0 fully saturated rings. The van der Waals surface area contributed by atoms with Crippen molar-refractivity contribution in [3.05, 3.63) is 59.7 Å². The Morgan fingerprint density at radius 3 is 1.88 bits per heavy atom. The molecule has 0 aromatic heterocycles. The van der Waals surface area contributed by atoms with Gasteiger partial charge in [0.05, 0.1) is 0 Å². The van der Waals surface area contributed by atoms with E-state index in [0.29, 0.717) is 24.0 Å². The zero-order valence-electron chi connectivity index (χ0n) is 17.4. The molecule has 0 bridgehead atoms. The number of aliphatic hydroxyl groups is 2. The van der Waals surface area contributed by atoms with E-state index in [1.165, 1.54) is 36.4 Å². The molecule has 0 radical (unpaired) electrons. The first-order valence-electron chi connectivity index (χ1n) is 8.43. The van der Waals surface area contributed by atoms with Crippen molar-refractivity contribution in [1.29, 1.82) is 0 Å². The second-order valence-corrected chi connectivity index (χ2v) is 5.56. The zero-order chi connectivity index (χ0) is 22.6. The number of halogens is 6. The maximum atomic E-state index is 11.9. The summed E-state index contributed by atoms with van der Waals surface area (Å²) in [5.41, 5.74) is 1.07. The molecule has 0 saturated carbocycles. The van der Waals surface area contributed by atoms with Gasteiger partial charge in [-0.05, 0) is 48.7 Å². The van der Waals surface area contributed by atoms with Gasteiger partial charge in [-0.1, -0.05) is 30.0 Å². The Balaban J connectivity index is -0.000000500. The molecule has 2 N–H and O–H groups in total. The van der Waals surface area contributed by atoms with E-state index in [1.54, 1.807) is 6.07 Å². The van der Waals surface area contributed by atoms with Crippen molar-refractivity contribution in [3.63, 3.8) is 0 Å². The molecule has 0 aliphatic carbocycles. The summed E-state index contributed by atoms with van der Waals surface area (Å²) in [6.07, 6.45) is -8.31. The molecule has 0 atom stereocenters. The van der Waals surface area contributed by atoms with Crippen molar-refractivity contribution in [1.82, 2.24) is 0 Å². The van der Waals surface area contributed by atoms with Crippen LogP contribution in [-0.4, -0.2) is 53.5 Å². The molecule has 0 amide bonds. The number of hydrogen-bond donors (Lipinski definition) is 2. The molecule has 32 heavy (non-hydrogen) atoms. The summed E-state index contributed by atoms with van der Waals surface area (Å²) in [7, 11) is 0. The summed E-state index contributed by atoms with van der Waals surface area (Å²) in [6.45, 7) is -0.325. The monoisotopic (exact) mass is 474 g/mol. The minimum atomic E-state index is -4.71. The Hall–Kier alpha value is -1.77. The van der Waals surface area contributed by atoms with Crippen LogP contribution in [0.1, 0.15) is 19.0 Å². The van der Waals surface area contributed by atoms with Crippen LogP contribution in [0.2, 0.25) is 0 Å². The van der Waals surface area contributed by atoms with Crippen molar-refractivity contribution in [2.45, 2.75) is 25.6 Å². The van der Waals surface area contributed by atoms with Gasteiger partial charge in [0.2, 0.25) is 0 Å². The predicted octanol–water partition coefficient (Wildman–Crippen LogP) is 0.372. The molecule has 0 aliphatic rings. The molecule has 0 spiro atoms. The van der Waals surface area contributed by atoms with Crippen molar-refractivity contribution < 1.29 is 66.3 Å². The van der Waals surface area contributed by atoms with Crippen molar-refractivity contribution in [3.8, 4) is 23.3 Å². The smallest absolute Gasteiger partial charge is 1.00 e. The fourth-order valence-electron chi connectivity index (χ4n) is 2.09. The minimum Gasteiger partial charge on any atom is -1.00 e. The van der Waals surface area contributed by atoms with Crippen LogP contribution in [0.15, 0.2) is 48.5 Å². The summed E-state index contributed by atoms with van der Waals surface area (Å²) in [4.78, 5) is 0. The Kier molecular flexibility index (Phi) is 16.1. The van der Waals surface area contributed by atoms with E-state index in [9.17, 15) is 26.3 Å². The molecule has 2 rings (SSSR count). The van der Waals surface area contributed by atoms with Gasteiger partial charge in [0.25, 0.3) is 0 Å². The third-order valence-corrected chi connectivity index (χ3v) is 3.13. The predicted molar refractivity (Wildman–Crippen MR) is 107 cm³/mol. The molecule has 12 heteroatoms. The number of aryl methyl sites for hydroxylation is 1. The Bertz CT molecular complexity index is 857. The van der Waals surface area contributed by atoms with Crippen LogP contribution < -0.4 is 28.3 Å². The molecule has 0 heterocycles. The van der Waals surface area contributed by atoms with Gasteiger partial charge in [-0.3, -0.25) is 0 Å². The number of rotatable bonds is 5. The molecular weight excluding hydrogens is 452 g/mol. The molecule has 0 unspecified atom stereocenters. The van der Waals surface area contributed by atoms with Gasteiger partial charge in [0, 0.05) is 12.2 Å². The SMILES string of the molecule is OCC#Cc1cccc(OC(F)(F)F)c1.OCCCc1cccc(OC(F)(F)F)c1.[AlH3].[H-].[Li+]. The summed E-state index contributed by atoms with van der Waals surface area (Å²) in [5.74, 6) is 4.25. The first-order chi connectivity index (χ1) is 14.0. The van der Waals surface area contributed by atoms with Crippen molar-refractivity contribution in [2.75, 3.05) is 13.2 Å². The quantitative estimate of drug-likeness (QED) is 0.374. The number of benzene rings is 2. The second kappa shape index (κ2) is 15.9. The van der Waals surface area contributed by atoms with Crippen LogP contribution in [0.4, 0.5) is 26.3 Å².